The molecule has 0 N–H and O–H groups in total. The van der Waals surface area contributed by atoms with E-state index < -0.39 is 5.92 Å². The lowest BCUT2D eigenvalue weighted by Gasteiger charge is -2.10. The van der Waals surface area contributed by atoms with Gasteiger partial charge in [-0.2, -0.15) is 0 Å². The van der Waals surface area contributed by atoms with Gasteiger partial charge in [-0.1, -0.05) is 16.8 Å². The van der Waals surface area contributed by atoms with Crippen molar-refractivity contribution in [2.45, 2.75) is 20.0 Å². The molecule has 0 aromatic heterocycles. The Bertz CT molecular complexity index is 217. The molecule has 12 heavy (non-hydrogen) atoms. The van der Waals surface area contributed by atoms with Crippen LogP contribution in [0.15, 0.2) is 5.16 Å². The summed E-state index contributed by atoms with van der Waals surface area (Å²) >= 11 is 5.63. The quantitative estimate of drug-likeness (QED) is 0.615. The van der Waals surface area contributed by atoms with Crippen molar-refractivity contribution in [3.05, 3.63) is 0 Å². The monoisotopic (exact) mass is 191 g/mol. The lowest BCUT2D eigenvalue weighted by Crippen LogP contribution is -2.28. The molecule has 1 aliphatic rings. The Hall–Kier alpha value is -0.770. The topological polar surface area (TPSA) is 47.9 Å². The minimum Gasteiger partial charge on any atom is -0.465 e. The molecule has 68 valence electrons. The number of carbonyl (C=O) groups is 1. The van der Waals surface area contributed by atoms with E-state index in [0.717, 1.165) is 0 Å². The molecule has 0 fully saturated rings. The first-order chi connectivity index (χ1) is 5.66. The minimum atomic E-state index is -0.549. The van der Waals surface area contributed by atoms with Gasteiger partial charge < -0.3 is 9.57 Å². The van der Waals surface area contributed by atoms with Crippen LogP contribution in [0.5, 0.6) is 0 Å². The number of halogens is 1. The van der Waals surface area contributed by atoms with Crippen molar-refractivity contribution in [1.82, 2.24) is 0 Å². The van der Waals surface area contributed by atoms with Crippen molar-refractivity contribution in [2.75, 3.05) is 6.61 Å². The fraction of sp³-hybridized carbons (Fsp3) is 0.714. The molecule has 0 saturated carbocycles. The number of esters is 1. The van der Waals surface area contributed by atoms with Gasteiger partial charge in [0.15, 0.2) is 11.1 Å². The van der Waals surface area contributed by atoms with Crippen molar-refractivity contribution in [1.29, 1.82) is 0 Å². The highest BCUT2D eigenvalue weighted by molar-refractivity contribution is 6.67. The summed E-state index contributed by atoms with van der Waals surface area (Å²) in [6.45, 7) is 3.80. The molecule has 2 atom stereocenters. The molecule has 1 rings (SSSR count). The number of hydrogen-bond acceptors (Lipinski definition) is 4. The van der Waals surface area contributed by atoms with Crippen LogP contribution in [0.25, 0.3) is 0 Å². The summed E-state index contributed by atoms with van der Waals surface area (Å²) in [5, 5.41) is 3.65. The van der Waals surface area contributed by atoms with Gasteiger partial charge in [0.2, 0.25) is 0 Å². The van der Waals surface area contributed by atoms with E-state index in [9.17, 15) is 4.79 Å². The molecule has 0 radical (unpaired) electrons. The third kappa shape index (κ3) is 1.69. The van der Waals surface area contributed by atoms with Crippen LogP contribution < -0.4 is 0 Å². The number of hydrogen-bond donors (Lipinski definition) is 0. The Kier molecular flexibility index (Phi) is 2.92. The Balaban J connectivity index is 2.61. The van der Waals surface area contributed by atoms with Crippen LogP contribution in [0.3, 0.4) is 0 Å². The summed E-state index contributed by atoms with van der Waals surface area (Å²) in [6.07, 6.45) is -0.323. The van der Waals surface area contributed by atoms with E-state index in [4.69, 9.17) is 21.2 Å². The summed E-state index contributed by atoms with van der Waals surface area (Å²) in [5.74, 6) is -0.928. The molecule has 0 amide bonds. The molecule has 0 saturated heterocycles. The molecule has 1 heterocycles. The Labute approximate surface area is 75.5 Å². The largest absolute Gasteiger partial charge is 0.465 e. The molecule has 0 aromatic rings. The molecule has 0 aliphatic carbocycles. The smallest absolute Gasteiger partial charge is 0.320 e. The third-order valence-electron chi connectivity index (χ3n) is 1.57. The van der Waals surface area contributed by atoms with Crippen molar-refractivity contribution in [3.63, 3.8) is 0 Å². The molecule has 4 nitrogen and oxygen atoms in total. The second-order valence-corrected chi connectivity index (χ2v) is 2.84. The average Bonchev–Trinajstić information content (AvgIpc) is 2.32. The number of nitrogens with zero attached hydrogens (tertiary/aromatic N) is 1. The van der Waals surface area contributed by atoms with E-state index in [-0.39, 0.29) is 17.2 Å². The SMILES string of the molecule is CCOC(=O)[C@@H]1C(Cl)=NO[C@H]1C. The van der Waals surface area contributed by atoms with Crippen LogP contribution in [0.4, 0.5) is 0 Å². The molecule has 0 bridgehead atoms. The summed E-state index contributed by atoms with van der Waals surface area (Å²) in [7, 11) is 0. The van der Waals surface area contributed by atoms with Crippen molar-refractivity contribution >= 4 is 22.7 Å². The van der Waals surface area contributed by atoms with Gasteiger partial charge in [0.25, 0.3) is 0 Å². The van der Waals surface area contributed by atoms with Crippen LogP contribution >= 0.6 is 11.6 Å². The zero-order valence-electron chi connectivity index (χ0n) is 6.91. The Morgan fingerprint density at radius 3 is 2.92 bits per heavy atom. The summed E-state index contributed by atoms with van der Waals surface area (Å²) < 4.78 is 4.78. The minimum absolute atomic E-state index is 0.168. The van der Waals surface area contributed by atoms with E-state index in [1.165, 1.54) is 0 Å². The molecular weight excluding hydrogens is 182 g/mol. The molecule has 0 aromatic carbocycles. The van der Waals surface area contributed by atoms with Gasteiger partial charge in [0, 0.05) is 0 Å². The van der Waals surface area contributed by atoms with Crippen LogP contribution in [0.1, 0.15) is 13.8 Å². The van der Waals surface area contributed by atoms with Crippen LogP contribution in [-0.2, 0) is 14.4 Å². The highest BCUT2D eigenvalue weighted by Crippen LogP contribution is 2.21. The highest BCUT2D eigenvalue weighted by Gasteiger charge is 2.37. The number of ether oxygens (including phenoxy) is 1. The van der Waals surface area contributed by atoms with Gasteiger partial charge in [-0.25, -0.2) is 0 Å². The van der Waals surface area contributed by atoms with Crippen molar-refractivity contribution in [3.8, 4) is 0 Å². The van der Waals surface area contributed by atoms with Gasteiger partial charge in [-0.3, -0.25) is 4.79 Å². The van der Waals surface area contributed by atoms with Gasteiger partial charge in [-0.15, -0.1) is 0 Å². The number of oxime groups is 1. The molecule has 1 aliphatic heterocycles. The first-order valence-electron chi connectivity index (χ1n) is 3.72. The van der Waals surface area contributed by atoms with E-state index >= 15 is 0 Å². The fourth-order valence-electron chi connectivity index (χ4n) is 0.966. The Morgan fingerprint density at radius 1 is 1.83 bits per heavy atom. The summed E-state index contributed by atoms with van der Waals surface area (Å²) in [6, 6.07) is 0. The second-order valence-electron chi connectivity index (χ2n) is 2.45. The van der Waals surface area contributed by atoms with E-state index in [2.05, 4.69) is 5.16 Å². The zero-order valence-corrected chi connectivity index (χ0v) is 7.67. The van der Waals surface area contributed by atoms with Crippen LogP contribution in [0.2, 0.25) is 0 Å². The maximum Gasteiger partial charge on any atom is 0.320 e. The first kappa shape index (κ1) is 9.32. The first-order valence-corrected chi connectivity index (χ1v) is 4.10. The Morgan fingerprint density at radius 2 is 2.50 bits per heavy atom. The van der Waals surface area contributed by atoms with Crippen molar-refractivity contribution < 1.29 is 14.4 Å². The summed E-state index contributed by atoms with van der Waals surface area (Å²) in [4.78, 5) is 16.0. The van der Waals surface area contributed by atoms with E-state index in [0.29, 0.717) is 6.61 Å². The van der Waals surface area contributed by atoms with Gasteiger partial charge in [-0.05, 0) is 13.8 Å². The molecular formula is C7H10ClNO3. The highest BCUT2D eigenvalue weighted by atomic mass is 35.5. The van der Waals surface area contributed by atoms with Crippen LogP contribution in [0, 0.1) is 5.92 Å². The van der Waals surface area contributed by atoms with Gasteiger partial charge in [0.1, 0.15) is 6.10 Å². The van der Waals surface area contributed by atoms with Crippen molar-refractivity contribution in [2.24, 2.45) is 11.1 Å². The van der Waals surface area contributed by atoms with Gasteiger partial charge >= 0.3 is 5.97 Å². The van der Waals surface area contributed by atoms with E-state index in [1.807, 2.05) is 0 Å². The maximum atomic E-state index is 11.2. The molecule has 5 heteroatoms. The maximum absolute atomic E-state index is 11.2. The van der Waals surface area contributed by atoms with Crippen LogP contribution in [-0.4, -0.2) is 23.9 Å². The zero-order chi connectivity index (χ0) is 9.14. The average molecular weight is 192 g/mol. The number of carbonyl (C=O) groups excluding carboxylic acids is 1. The number of rotatable bonds is 2. The third-order valence-corrected chi connectivity index (χ3v) is 1.88. The second kappa shape index (κ2) is 3.76. The van der Waals surface area contributed by atoms with E-state index in [1.54, 1.807) is 13.8 Å². The van der Waals surface area contributed by atoms with Gasteiger partial charge in [0.05, 0.1) is 6.61 Å². The lowest BCUT2D eigenvalue weighted by atomic mass is 10.1. The standard InChI is InChI=1S/C7H10ClNO3/c1-3-11-7(10)5-4(2)12-9-6(5)8/h4-5H,3H2,1-2H3/t4-,5-/m0/s1. The molecule has 0 spiro atoms. The lowest BCUT2D eigenvalue weighted by molar-refractivity contribution is -0.148. The predicted octanol–water partition coefficient (Wildman–Crippen LogP) is 1.14. The fourth-order valence-corrected chi connectivity index (χ4v) is 1.27. The predicted molar refractivity (Wildman–Crippen MR) is 44.0 cm³/mol. The normalized spacial score (nSPS) is 27.8. The molecule has 0 unspecified atom stereocenters. The summed E-state index contributed by atoms with van der Waals surface area (Å²) in [5.41, 5.74) is 0.